The Morgan fingerprint density at radius 2 is 2.07 bits per heavy atom. The first-order chi connectivity index (χ1) is 7.42. The van der Waals surface area contributed by atoms with Crippen molar-refractivity contribution in [2.75, 3.05) is 0 Å². The molecule has 0 bridgehead atoms. The second-order valence-electron chi connectivity index (χ2n) is 3.49. The quantitative estimate of drug-likeness (QED) is 0.766. The van der Waals surface area contributed by atoms with Crippen LogP contribution in [0.2, 0.25) is 0 Å². The normalized spacial score (nSPS) is 10.5. The zero-order valence-corrected chi connectivity index (χ0v) is 8.85. The minimum Gasteiger partial charge on any atom is -0.158 e. The van der Waals surface area contributed by atoms with E-state index in [-0.39, 0.29) is 0 Å². The summed E-state index contributed by atoms with van der Waals surface area (Å²) in [5.74, 6) is 0.907. The molecule has 1 aromatic carbocycles. The van der Waals surface area contributed by atoms with Crippen LogP contribution in [-0.2, 0) is 6.54 Å². The van der Waals surface area contributed by atoms with Gasteiger partial charge in [0.15, 0.2) is 5.21 Å². The van der Waals surface area contributed by atoms with Crippen LogP contribution in [0.4, 0.5) is 0 Å². The molecule has 1 aromatic heterocycles. The van der Waals surface area contributed by atoms with Gasteiger partial charge in [-0.15, -0.1) is 0 Å². The third-order valence-corrected chi connectivity index (χ3v) is 2.33. The van der Waals surface area contributed by atoms with E-state index in [1.54, 1.807) is 0 Å². The molecule has 15 heavy (non-hydrogen) atoms. The number of H-pyrrole nitrogens is 1. The number of nitrogens with zero attached hydrogens (tertiary/aromatic N) is 3. The first kappa shape index (κ1) is 9.83. The molecule has 0 aliphatic carbocycles. The van der Waals surface area contributed by atoms with Gasteiger partial charge < -0.3 is 0 Å². The molecule has 2 aromatic rings. The number of hydrogen-bond donors (Lipinski definition) is 1. The maximum atomic E-state index is 4.10. The van der Waals surface area contributed by atoms with Crippen molar-refractivity contribution in [2.45, 2.75) is 26.3 Å². The second-order valence-corrected chi connectivity index (χ2v) is 3.49. The number of nitrogens with one attached hydrogen (secondary N) is 1. The maximum absolute atomic E-state index is 4.10. The van der Waals surface area contributed by atoms with E-state index in [1.165, 1.54) is 6.42 Å². The first-order valence-electron chi connectivity index (χ1n) is 5.28. The average Bonchev–Trinajstić information content (AvgIpc) is 2.75. The molecule has 1 heterocycles. The number of aryl methyl sites for hydroxylation is 1. The molecule has 2 rings (SSSR count). The summed E-state index contributed by atoms with van der Waals surface area (Å²) in [6, 6.07) is 10.1. The number of benzene rings is 1. The van der Waals surface area contributed by atoms with E-state index in [2.05, 4.69) is 22.4 Å². The van der Waals surface area contributed by atoms with E-state index in [0.717, 1.165) is 24.4 Å². The lowest BCUT2D eigenvalue weighted by molar-refractivity contribution is -0.744. The fourth-order valence-corrected chi connectivity index (χ4v) is 1.50. The molecular formula is C11H15N4+. The lowest BCUT2D eigenvalue weighted by atomic mass is 10.2. The van der Waals surface area contributed by atoms with Crippen LogP contribution in [0.25, 0.3) is 11.4 Å². The SMILES string of the molecule is CCCC[n+]1[nH]nnc1-c1ccccc1. The topological polar surface area (TPSA) is 45.5 Å². The van der Waals surface area contributed by atoms with E-state index >= 15 is 0 Å². The van der Waals surface area contributed by atoms with Gasteiger partial charge in [-0.2, -0.15) is 4.68 Å². The van der Waals surface area contributed by atoms with Crippen LogP contribution in [-0.4, -0.2) is 15.5 Å². The molecular weight excluding hydrogens is 188 g/mol. The number of unbranched alkanes of at least 4 members (excludes halogenated alkanes) is 1. The second kappa shape index (κ2) is 4.68. The Hall–Kier alpha value is -1.71. The molecule has 0 aliphatic rings. The minimum absolute atomic E-state index is 0.907. The van der Waals surface area contributed by atoms with Gasteiger partial charge in [-0.3, -0.25) is 0 Å². The van der Waals surface area contributed by atoms with Crippen molar-refractivity contribution in [3.63, 3.8) is 0 Å². The van der Waals surface area contributed by atoms with Crippen LogP contribution in [0.1, 0.15) is 19.8 Å². The van der Waals surface area contributed by atoms with Crippen molar-refractivity contribution in [1.82, 2.24) is 15.5 Å². The fourth-order valence-electron chi connectivity index (χ4n) is 1.50. The van der Waals surface area contributed by atoms with Gasteiger partial charge in [0.25, 0.3) is 0 Å². The van der Waals surface area contributed by atoms with E-state index in [4.69, 9.17) is 0 Å². The smallest absolute Gasteiger partial charge is 0.158 e. The van der Waals surface area contributed by atoms with Gasteiger partial charge in [0, 0.05) is 0 Å². The molecule has 0 saturated carbocycles. The predicted molar refractivity (Wildman–Crippen MR) is 56.9 cm³/mol. The number of aromatic nitrogens is 4. The van der Waals surface area contributed by atoms with Crippen molar-refractivity contribution >= 4 is 0 Å². The van der Waals surface area contributed by atoms with E-state index in [0.29, 0.717) is 0 Å². The maximum Gasteiger partial charge on any atom is 0.331 e. The van der Waals surface area contributed by atoms with Crippen LogP contribution in [0, 0.1) is 0 Å². The standard InChI is InChI=1S/C11H14N4/c1-2-3-9-15-11(12-13-14-15)10-7-5-4-6-8-10/h4-8H,2-3,9H2,1H3/p+1. The van der Waals surface area contributed by atoms with Gasteiger partial charge in [0.05, 0.1) is 12.1 Å². The minimum atomic E-state index is 0.907. The van der Waals surface area contributed by atoms with Gasteiger partial charge >= 0.3 is 5.82 Å². The molecule has 0 saturated heterocycles. The Morgan fingerprint density at radius 3 is 2.80 bits per heavy atom. The Morgan fingerprint density at radius 1 is 1.27 bits per heavy atom. The van der Waals surface area contributed by atoms with Gasteiger partial charge in [-0.05, 0) is 18.6 Å². The third kappa shape index (κ3) is 2.21. The van der Waals surface area contributed by atoms with Gasteiger partial charge in [0.2, 0.25) is 0 Å². The average molecular weight is 203 g/mol. The molecule has 4 heteroatoms. The summed E-state index contributed by atoms with van der Waals surface area (Å²) in [5.41, 5.74) is 1.10. The molecule has 0 amide bonds. The molecule has 4 nitrogen and oxygen atoms in total. The zero-order valence-electron chi connectivity index (χ0n) is 8.85. The molecule has 78 valence electrons. The third-order valence-electron chi connectivity index (χ3n) is 2.33. The summed E-state index contributed by atoms with van der Waals surface area (Å²) in [6.45, 7) is 3.11. The summed E-state index contributed by atoms with van der Waals surface area (Å²) in [5, 5.41) is 10.8. The number of rotatable bonds is 4. The van der Waals surface area contributed by atoms with Crippen molar-refractivity contribution in [1.29, 1.82) is 0 Å². The van der Waals surface area contributed by atoms with Gasteiger partial charge in [-0.25, -0.2) is 0 Å². The predicted octanol–water partition coefficient (Wildman–Crippen LogP) is 1.56. The summed E-state index contributed by atoms with van der Waals surface area (Å²) >= 11 is 0. The molecule has 0 atom stereocenters. The number of tetrazole rings is 1. The number of hydrogen-bond acceptors (Lipinski definition) is 2. The van der Waals surface area contributed by atoms with Gasteiger partial charge in [-0.1, -0.05) is 36.8 Å². The molecule has 0 unspecified atom stereocenters. The zero-order chi connectivity index (χ0) is 10.5. The van der Waals surface area contributed by atoms with Crippen molar-refractivity contribution < 1.29 is 4.68 Å². The molecule has 0 aliphatic heterocycles. The highest BCUT2D eigenvalue weighted by Gasteiger charge is 2.15. The fraction of sp³-hybridized carbons (Fsp3) is 0.364. The summed E-state index contributed by atoms with van der Waals surface area (Å²) < 4.78 is 1.98. The Bertz CT molecular complexity index is 408. The molecule has 1 N–H and O–H groups in total. The van der Waals surface area contributed by atoms with E-state index in [1.807, 2.05) is 35.0 Å². The molecule has 0 spiro atoms. The largest absolute Gasteiger partial charge is 0.331 e. The molecule has 0 radical (unpaired) electrons. The summed E-state index contributed by atoms with van der Waals surface area (Å²) in [4.78, 5) is 0. The van der Waals surface area contributed by atoms with Crippen molar-refractivity contribution in [3.05, 3.63) is 30.3 Å². The monoisotopic (exact) mass is 203 g/mol. The lowest BCUT2D eigenvalue weighted by Crippen LogP contribution is -2.38. The Labute approximate surface area is 88.9 Å². The summed E-state index contributed by atoms with van der Waals surface area (Å²) in [7, 11) is 0. The van der Waals surface area contributed by atoms with Crippen molar-refractivity contribution in [3.8, 4) is 11.4 Å². The highest BCUT2D eigenvalue weighted by atomic mass is 15.5. The van der Waals surface area contributed by atoms with E-state index < -0.39 is 0 Å². The van der Waals surface area contributed by atoms with Crippen LogP contribution < -0.4 is 4.68 Å². The van der Waals surface area contributed by atoms with Crippen LogP contribution in [0.5, 0.6) is 0 Å². The van der Waals surface area contributed by atoms with Crippen LogP contribution >= 0.6 is 0 Å². The summed E-state index contributed by atoms with van der Waals surface area (Å²) in [6.07, 6.45) is 2.30. The number of aromatic amines is 1. The van der Waals surface area contributed by atoms with Gasteiger partial charge in [0.1, 0.15) is 5.10 Å². The first-order valence-corrected chi connectivity index (χ1v) is 5.28. The van der Waals surface area contributed by atoms with E-state index in [9.17, 15) is 0 Å². The van der Waals surface area contributed by atoms with Crippen molar-refractivity contribution in [2.24, 2.45) is 0 Å². The Balaban J connectivity index is 2.25. The lowest BCUT2D eigenvalue weighted by Gasteiger charge is -1.97. The highest BCUT2D eigenvalue weighted by molar-refractivity contribution is 5.50. The van der Waals surface area contributed by atoms with Crippen LogP contribution in [0.15, 0.2) is 30.3 Å². The van der Waals surface area contributed by atoms with Crippen LogP contribution in [0.3, 0.4) is 0 Å². The highest BCUT2D eigenvalue weighted by Crippen LogP contribution is 2.10. The Kier molecular flexibility index (Phi) is 3.07. The molecule has 0 fully saturated rings.